The molecular weight excluding hydrogens is 1620 g/mol. The number of fused-ring (bicyclic) bond motifs is 10. The third-order valence-corrected chi connectivity index (χ3v) is 24.2. The number of nitrogens with one attached hydrogen (secondary N) is 1. The molecule has 0 aromatic carbocycles. The molecular formula is C100H173N25O4. The van der Waals surface area contributed by atoms with Gasteiger partial charge in [-0.3, -0.25) is 0 Å². The molecule has 2 aliphatic rings. The van der Waals surface area contributed by atoms with Crippen molar-refractivity contribution in [3.63, 3.8) is 0 Å². The van der Waals surface area contributed by atoms with Crippen LogP contribution in [0.2, 0.25) is 0 Å². The number of likely N-dealkylation sites (N-methyl/N-ethyl adjacent to an activating group) is 2. The summed E-state index contributed by atoms with van der Waals surface area (Å²) in [6, 6.07) is 26.0. The number of hydrogen-bond donors (Lipinski definition) is 7. The van der Waals surface area contributed by atoms with Crippen LogP contribution in [0.1, 0.15) is 139 Å². The second kappa shape index (κ2) is 47.0. The lowest BCUT2D eigenvalue weighted by Gasteiger charge is -2.42. The summed E-state index contributed by atoms with van der Waals surface area (Å²) in [6.07, 6.45) is 12.1. The van der Waals surface area contributed by atoms with Crippen molar-refractivity contribution in [3.05, 3.63) is 191 Å². The molecule has 13 N–H and O–H groups in total. The van der Waals surface area contributed by atoms with Gasteiger partial charge in [0.2, 0.25) is 0 Å². The molecule has 0 saturated carbocycles. The quantitative estimate of drug-likeness (QED) is 0.0130. The zero-order valence-corrected chi connectivity index (χ0v) is 86.3. The van der Waals surface area contributed by atoms with Crippen LogP contribution >= 0.6 is 0 Å². The van der Waals surface area contributed by atoms with Crippen molar-refractivity contribution in [1.82, 2.24) is 57.7 Å². The molecule has 0 amide bonds. The van der Waals surface area contributed by atoms with Crippen LogP contribution in [-0.4, -0.2) is 282 Å². The minimum Gasteiger partial charge on any atom is -0.475 e. The van der Waals surface area contributed by atoms with Crippen LogP contribution in [0.4, 0.5) is 39.9 Å². The fourth-order valence-corrected chi connectivity index (χ4v) is 15.2. The number of aryl methyl sites for hydroxylation is 13. The number of rotatable bonds is 29. The molecule has 722 valence electrons. The first-order chi connectivity index (χ1) is 57.5. The SMILES string of the molecule is C[N+](C)(C)CCCOc1nn2c3c(ccc2c1N)CCC3.C[N+](C)(C)CCCc1nn2c3c(ccc2c1N)CCC3.Cc1ccc2c(N)c(NCCC[N+](C)(C)C)nn2c1C.Cc1ccc2c(N)c(OCCC[N+](C)(C)C)nn2c1C.Cc1ccc2c(N)c(OCC[N+](C)(C(C)C)C(C)C)nn2c1C.Cc1ccc2c(N)c(OCC[N+](C)(C)C)nn2c1C.[CH3-].[CH3-].[CH3-].[CH3-].[CH3-].[CH3-]. The fraction of sp³-hybridized carbons (Fsp3) is 0.520. The zero-order valence-electron chi connectivity index (χ0n) is 86.3. The van der Waals surface area contributed by atoms with Gasteiger partial charge in [0.15, 0.2) is 5.82 Å². The van der Waals surface area contributed by atoms with E-state index < -0.39 is 0 Å². The maximum atomic E-state index is 6.29. The van der Waals surface area contributed by atoms with E-state index >= 15 is 0 Å². The summed E-state index contributed by atoms with van der Waals surface area (Å²) >= 11 is 0. The Bertz CT molecular complexity index is 5430. The van der Waals surface area contributed by atoms with Gasteiger partial charge in [-0.1, -0.05) is 36.4 Å². The summed E-state index contributed by atoms with van der Waals surface area (Å²) in [6.45, 7) is 35.1. The highest BCUT2D eigenvalue weighted by Crippen LogP contribution is 2.35. The minimum atomic E-state index is 0. The highest BCUT2D eigenvalue weighted by molar-refractivity contribution is 5.82. The highest BCUT2D eigenvalue weighted by atomic mass is 16.5. The summed E-state index contributed by atoms with van der Waals surface area (Å²) in [5.41, 5.74) is 62.7. The predicted octanol–water partition coefficient (Wildman–Crippen LogP) is 15.5. The van der Waals surface area contributed by atoms with E-state index in [1.165, 1.54) is 64.0 Å². The lowest BCUT2D eigenvalue weighted by Crippen LogP contribution is -2.56. The van der Waals surface area contributed by atoms with Crippen LogP contribution in [0.5, 0.6) is 23.5 Å². The maximum Gasteiger partial charge on any atom is 0.257 e. The van der Waals surface area contributed by atoms with Gasteiger partial charge in [0.1, 0.15) is 54.7 Å². The van der Waals surface area contributed by atoms with Crippen LogP contribution in [0.15, 0.2) is 72.8 Å². The van der Waals surface area contributed by atoms with Crippen molar-refractivity contribution in [3.8, 4) is 23.5 Å². The summed E-state index contributed by atoms with van der Waals surface area (Å²) in [5.74, 6) is 2.98. The zero-order chi connectivity index (χ0) is 90.8. The Morgan fingerprint density at radius 3 is 0.961 bits per heavy atom. The number of pyridine rings is 6. The average Bonchev–Trinajstić information content (AvgIpc) is 1.63. The summed E-state index contributed by atoms with van der Waals surface area (Å²) < 4.78 is 40.5. The van der Waals surface area contributed by atoms with E-state index in [9.17, 15) is 0 Å². The van der Waals surface area contributed by atoms with Crippen molar-refractivity contribution in [2.24, 2.45) is 0 Å². The smallest absolute Gasteiger partial charge is 0.257 e. The second-order valence-electron chi connectivity index (χ2n) is 39.8. The van der Waals surface area contributed by atoms with Crippen LogP contribution < -0.4 is 58.7 Å². The third-order valence-electron chi connectivity index (χ3n) is 24.2. The molecule has 0 unspecified atom stereocenters. The van der Waals surface area contributed by atoms with Gasteiger partial charge < -0.3 is 130 Å². The molecule has 0 radical (unpaired) electrons. The van der Waals surface area contributed by atoms with Crippen LogP contribution in [0, 0.1) is 99.9 Å². The second-order valence-corrected chi connectivity index (χ2v) is 39.8. The Balaban J connectivity index is 0.000000396. The molecule has 0 atom stereocenters. The van der Waals surface area contributed by atoms with Gasteiger partial charge in [0, 0.05) is 66.4 Å². The topological polar surface area (TPSA) is 309 Å². The Labute approximate surface area is 777 Å². The maximum absolute atomic E-state index is 6.29. The van der Waals surface area contributed by atoms with Gasteiger partial charge in [0.05, 0.1) is 209 Å². The number of nitrogen functional groups attached to an aromatic ring is 6. The molecule has 129 heavy (non-hydrogen) atoms. The largest absolute Gasteiger partial charge is 0.475 e. The van der Waals surface area contributed by atoms with Gasteiger partial charge in [-0.25, -0.2) is 27.1 Å². The van der Waals surface area contributed by atoms with E-state index in [0.29, 0.717) is 84.8 Å². The molecule has 0 aliphatic heterocycles. The number of quaternary nitrogens is 6. The molecule has 12 aromatic heterocycles. The number of aromatic nitrogens is 12. The molecule has 12 aromatic rings. The van der Waals surface area contributed by atoms with E-state index in [-0.39, 0.29) is 44.6 Å². The molecule has 0 bridgehead atoms. The number of anilines is 7. The Hall–Kier alpha value is -10.3. The fourth-order valence-electron chi connectivity index (χ4n) is 15.2. The summed E-state index contributed by atoms with van der Waals surface area (Å²) in [7, 11) is 35.0. The van der Waals surface area contributed by atoms with Crippen molar-refractivity contribution < 1.29 is 45.8 Å². The first-order valence-electron chi connectivity index (χ1n) is 44.1. The van der Waals surface area contributed by atoms with Crippen LogP contribution in [0.25, 0.3) is 33.1 Å². The molecule has 12 heterocycles. The van der Waals surface area contributed by atoms with E-state index in [2.05, 4.69) is 259 Å². The average molecular weight is 1790 g/mol. The predicted molar refractivity (Wildman–Crippen MR) is 547 cm³/mol. The lowest BCUT2D eigenvalue weighted by molar-refractivity contribution is -0.949. The Morgan fingerprint density at radius 2 is 0.605 bits per heavy atom. The standard InChI is InChI=1S/C18H31N4O.C16H25N4O.C16H25N4.C15H26N5.C15H25N4O.C14H23N4O.6CH3/c1-12(2)22(7,13(3)4)10-11-23-18-17(19)16-9-8-14(5)15(6)21(16)20-18;1-20(2,3)10-5-11-21-16-15(17)14-9-8-12-6-4-7-13(12)19(14)18-16;1-20(2,3)11-5-7-13-16(17)15-10-9-12-6-4-8-14(12)19(15)18-13;1-11-7-8-13-14(16)15(18-19(13)12(11)2)17-9-6-10-20(3,4)5;1-11-7-8-13-14(16)15(17-18(13)12(11)2)20-10-6-9-19(3,4)5;1-10-6-7-12-13(15)14(16-17(12)11(10)2)19-9-8-18(3,4)5;;;;;;/h8-9,12-13H,10-11,19H2,1-7H3;8-9H,4-7,10-11,17H2,1-3H3;9-10H,4-8,11,17H2,1-3H3;7-8H,6,9-10,16H2,1-5H3,(H,17,18);7-8H,6,9-10,16H2,1-5H3;6-7H,8-9,15H2,1-5H3;6*1H3/q6*+1;6*-1. The first kappa shape index (κ1) is 113. The van der Waals surface area contributed by atoms with Crippen molar-refractivity contribution in [2.45, 2.75) is 166 Å². The van der Waals surface area contributed by atoms with Gasteiger partial charge in [-0.2, -0.15) is 5.10 Å². The number of ether oxygens (including phenoxy) is 4. The normalized spacial score (nSPS) is 12.4. The van der Waals surface area contributed by atoms with Gasteiger partial charge in [0.25, 0.3) is 23.5 Å². The van der Waals surface area contributed by atoms with Crippen molar-refractivity contribution in [1.29, 1.82) is 0 Å². The van der Waals surface area contributed by atoms with Gasteiger partial charge in [-0.15, -0.1) is 25.5 Å². The monoisotopic (exact) mass is 1790 g/mol. The minimum absolute atomic E-state index is 0. The van der Waals surface area contributed by atoms with Crippen LogP contribution in [-0.2, 0) is 32.1 Å². The Morgan fingerprint density at radius 1 is 0.318 bits per heavy atom. The van der Waals surface area contributed by atoms with E-state index in [4.69, 9.17) is 58.4 Å². The van der Waals surface area contributed by atoms with E-state index in [1.807, 2.05) is 67.6 Å². The molecule has 29 heteroatoms. The molecule has 2 aliphatic carbocycles. The van der Waals surface area contributed by atoms with Crippen molar-refractivity contribution in [2.75, 3.05) is 225 Å². The third kappa shape index (κ3) is 29.1. The first-order valence-corrected chi connectivity index (χ1v) is 44.1. The lowest BCUT2D eigenvalue weighted by atomic mass is 10.1. The van der Waals surface area contributed by atoms with E-state index in [0.717, 1.165) is 203 Å². The Kier molecular flexibility index (Phi) is 41.1. The number of nitrogens with two attached hydrogens (primary N) is 6. The van der Waals surface area contributed by atoms with Gasteiger partial charge >= 0.3 is 0 Å². The van der Waals surface area contributed by atoms with Crippen LogP contribution in [0.3, 0.4) is 0 Å². The highest BCUT2D eigenvalue weighted by Gasteiger charge is 2.31. The number of nitrogens with zero attached hydrogens (tertiary/aromatic N) is 18. The summed E-state index contributed by atoms with van der Waals surface area (Å²) in [5, 5.41) is 30.8. The summed E-state index contributed by atoms with van der Waals surface area (Å²) in [4.78, 5) is 0. The molecule has 29 nitrogen and oxygen atoms in total. The molecule has 14 rings (SSSR count). The molecule has 0 fully saturated rings. The molecule has 0 spiro atoms. The van der Waals surface area contributed by atoms with Gasteiger partial charge in [-0.05, 0) is 198 Å². The number of hydrogen-bond acceptors (Lipinski definition) is 17. The van der Waals surface area contributed by atoms with Crippen molar-refractivity contribution >= 4 is 73.0 Å². The molecule has 0 saturated heterocycles. The van der Waals surface area contributed by atoms with E-state index in [1.54, 1.807) is 0 Å².